The number of Topliss-reactive ketones (excluding diaryl/α,β-unsaturated/α-hetero) is 2. The van der Waals surface area contributed by atoms with E-state index in [0.717, 1.165) is 0 Å². The maximum atomic E-state index is 13.8. The van der Waals surface area contributed by atoms with Gasteiger partial charge in [0.15, 0.2) is 11.4 Å². The molecule has 0 saturated carbocycles. The molecule has 1 unspecified atom stereocenters. The third-order valence-corrected chi connectivity index (χ3v) is 8.20. The Bertz CT molecular complexity index is 1310. The number of hydrogen-bond acceptors (Lipinski definition) is 11. The molecule has 5 atom stereocenters. The number of methoxy groups -OCH3 is 1. The van der Waals surface area contributed by atoms with Crippen molar-refractivity contribution in [3.05, 3.63) is 45.4 Å². The number of phenolic OH excluding ortho intramolecular Hbond substituents is 1. The van der Waals surface area contributed by atoms with Gasteiger partial charge in [-0.25, -0.2) is 0 Å². The largest absolute Gasteiger partial charge is 0.510 e. The van der Waals surface area contributed by atoms with Crippen molar-refractivity contribution in [2.45, 2.75) is 30.5 Å². The molecule has 38 heavy (non-hydrogen) atoms. The van der Waals surface area contributed by atoms with Crippen molar-refractivity contribution >= 4 is 17.5 Å². The van der Waals surface area contributed by atoms with E-state index in [2.05, 4.69) is 5.32 Å². The highest BCUT2D eigenvalue weighted by Crippen LogP contribution is 2.53. The summed E-state index contributed by atoms with van der Waals surface area (Å²) in [5, 5.41) is 48.2. The SMILES string of the molecule is COc1c(C2COCCN2)cc(O)c2c1C[C@H]1C[C@H]3[C@H](N(C)C)C(O)=C(C(N)=O)C(=O)[C@@]3(O)C(O)=C1C2=O. The first-order chi connectivity index (χ1) is 17.9. The number of ketones is 2. The normalized spacial score (nSPS) is 31.2. The molecular weight excluding hydrogens is 498 g/mol. The number of amides is 1. The number of aliphatic hydroxyl groups excluding tert-OH is 2. The molecule has 12 heteroatoms. The molecule has 0 radical (unpaired) electrons. The number of benzene rings is 1. The van der Waals surface area contributed by atoms with Crippen LogP contribution in [0.15, 0.2) is 28.7 Å². The van der Waals surface area contributed by atoms with Crippen molar-refractivity contribution in [3.63, 3.8) is 0 Å². The fraction of sp³-hybridized carbons (Fsp3) is 0.500. The molecule has 1 heterocycles. The summed E-state index contributed by atoms with van der Waals surface area (Å²) in [5.74, 6) is -6.51. The number of morpholine rings is 1. The Hall–Kier alpha value is -3.45. The van der Waals surface area contributed by atoms with E-state index in [1.807, 2.05) is 0 Å². The van der Waals surface area contributed by atoms with Gasteiger partial charge in [-0.15, -0.1) is 0 Å². The topological polar surface area (TPSA) is 192 Å². The Labute approximate surface area is 218 Å². The van der Waals surface area contributed by atoms with Crippen LogP contribution >= 0.6 is 0 Å². The summed E-state index contributed by atoms with van der Waals surface area (Å²) < 4.78 is 11.3. The van der Waals surface area contributed by atoms with E-state index >= 15 is 0 Å². The summed E-state index contributed by atoms with van der Waals surface area (Å²) in [6.07, 6.45) is 0.150. The number of nitrogens with one attached hydrogen (secondary N) is 1. The molecule has 0 spiro atoms. The van der Waals surface area contributed by atoms with Crippen LogP contribution in [0.25, 0.3) is 0 Å². The molecule has 4 aliphatic rings. The molecule has 1 aliphatic heterocycles. The zero-order valence-electron chi connectivity index (χ0n) is 21.3. The number of hydrogen-bond donors (Lipinski definition) is 6. The number of phenols is 1. The molecule has 1 aromatic carbocycles. The van der Waals surface area contributed by atoms with Gasteiger partial charge < -0.3 is 41.0 Å². The number of ether oxygens (including phenoxy) is 2. The van der Waals surface area contributed by atoms with Gasteiger partial charge in [0.05, 0.1) is 38.0 Å². The van der Waals surface area contributed by atoms with Gasteiger partial charge in [-0.2, -0.15) is 0 Å². The van der Waals surface area contributed by atoms with Gasteiger partial charge in [-0.1, -0.05) is 0 Å². The monoisotopic (exact) mass is 529 g/mol. The molecule has 204 valence electrons. The lowest BCUT2D eigenvalue weighted by molar-refractivity contribution is -0.148. The number of nitrogens with zero attached hydrogens (tertiary/aromatic N) is 1. The van der Waals surface area contributed by atoms with Gasteiger partial charge in [0, 0.05) is 29.2 Å². The summed E-state index contributed by atoms with van der Waals surface area (Å²) in [4.78, 5) is 40.7. The minimum absolute atomic E-state index is 0.00466. The number of primary amides is 1. The van der Waals surface area contributed by atoms with Crippen LogP contribution in [0.2, 0.25) is 0 Å². The fourth-order valence-corrected chi connectivity index (χ4v) is 6.59. The number of carbonyl (C=O) groups is 3. The Kier molecular flexibility index (Phi) is 6.26. The Morgan fingerprint density at radius 2 is 1.97 bits per heavy atom. The van der Waals surface area contributed by atoms with Gasteiger partial charge in [0.25, 0.3) is 5.91 Å². The van der Waals surface area contributed by atoms with E-state index in [4.69, 9.17) is 15.2 Å². The van der Waals surface area contributed by atoms with Crippen molar-refractivity contribution < 1.29 is 44.3 Å². The minimum atomic E-state index is -2.67. The Balaban J connectivity index is 1.69. The lowest BCUT2D eigenvalue weighted by Crippen LogP contribution is -2.63. The predicted octanol–water partition coefficient (Wildman–Crippen LogP) is -0.210. The van der Waals surface area contributed by atoms with Gasteiger partial charge in [-0.3, -0.25) is 19.3 Å². The lowest BCUT2D eigenvalue weighted by atomic mass is 9.58. The van der Waals surface area contributed by atoms with Crippen molar-refractivity contribution in [2.24, 2.45) is 17.6 Å². The summed E-state index contributed by atoms with van der Waals surface area (Å²) in [6, 6.07) is 0.0841. The van der Waals surface area contributed by atoms with Crippen molar-refractivity contribution in [3.8, 4) is 11.5 Å². The maximum Gasteiger partial charge on any atom is 0.255 e. The first-order valence-corrected chi connectivity index (χ1v) is 12.3. The minimum Gasteiger partial charge on any atom is -0.510 e. The number of fused-ring (bicyclic) bond motifs is 3. The molecule has 12 nitrogen and oxygen atoms in total. The molecule has 7 N–H and O–H groups in total. The Morgan fingerprint density at radius 1 is 1.26 bits per heavy atom. The zero-order valence-corrected chi connectivity index (χ0v) is 21.3. The van der Waals surface area contributed by atoms with Crippen LogP contribution in [0.1, 0.15) is 33.9 Å². The van der Waals surface area contributed by atoms with Crippen LogP contribution in [0.3, 0.4) is 0 Å². The first-order valence-electron chi connectivity index (χ1n) is 12.3. The second kappa shape index (κ2) is 9.09. The lowest BCUT2D eigenvalue weighted by Gasteiger charge is -2.50. The van der Waals surface area contributed by atoms with Crippen LogP contribution in [-0.4, -0.2) is 95.4 Å². The second-order valence-electron chi connectivity index (χ2n) is 10.4. The van der Waals surface area contributed by atoms with Crippen LogP contribution in [0.4, 0.5) is 0 Å². The highest BCUT2D eigenvalue weighted by Gasteiger charge is 2.63. The summed E-state index contributed by atoms with van der Waals surface area (Å²) in [5.41, 5.74) is 2.59. The molecule has 0 bridgehead atoms. The van der Waals surface area contributed by atoms with E-state index in [0.29, 0.717) is 36.6 Å². The second-order valence-corrected chi connectivity index (χ2v) is 10.4. The van der Waals surface area contributed by atoms with E-state index < -0.39 is 58.0 Å². The number of carbonyl (C=O) groups excluding carboxylic acids is 3. The third kappa shape index (κ3) is 3.48. The maximum absolute atomic E-state index is 13.8. The third-order valence-electron chi connectivity index (χ3n) is 8.20. The molecule has 0 aromatic heterocycles. The molecule has 3 aliphatic carbocycles. The highest BCUT2D eigenvalue weighted by atomic mass is 16.5. The summed E-state index contributed by atoms with van der Waals surface area (Å²) in [7, 11) is 4.63. The molecule has 5 rings (SSSR count). The van der Waals surface area contributed by atoms with Crippen LogP contribution in [0.5, 0.6) is 11.5 Å². The average molecular weight is 530 g/mol. The van der Waals surface area contributed by atoms with E-state index in [1.54, 1.807) is 14.1 Å². The number of aliphatic hydroxyl groups is 3. The molecule has 1 saturated heterocycles. The smallest absolute Gasteiger partial charge is 0.255 e. The number of rotatable bonds is 4. The highest BCUT2D eigenvalue weighted by molar-refractivity contribution is 6.24. The zero-order chi connectivity index (χ0) is 27.7. The fourth-order valence-electron chi connectivity index (χ4n) is 6.59. The number of likely N-dealkylation sites (N-methyl/N-ethyl adjacent to an activating group) is 1. The van der Waals surface area contributed by atoms with Crippen LogP contribution < -0.4 is 15.8 Å². The number of aromatic hydroxyl groups is 1. The molecule has 1 aromatic rings. The number of nitrogens with two attached hydrogens (primary N) is 1. The van der Waals surface area contributed by atoms with E-state index in [-0.39, 0.29) is 35.8 Å². The van der Waals surface area contributed by atoms with Crippen molar-refractivity contribution in [1.82, 2.24) is 10.2 Å². The van der Waals surface area contributed by atoms with Crippen LogP contribution in [-0.2, 0) is 20.7 Å². The van der Waals surface area contributed by atoms with E-state index in [9.17, 15) is 34.8 Å². The predicted molar refractivity (Wildman–Crippen MR) is 132 cm³/mol. The van der Waals surface area contributed by atoms with E-state index in [1.165, 1.54) is 18.1 Å². The van der Waals surface area contributed by atoms with Gasteiger partial charge in [0.1, 0.15) is 28.6 Å². The molecular formula is C26H31N3O9. The van der Waals surface area contributed by atoms with Crippen LogP contribution in [0, 0.1) is 11.8 Å². The average Bonchev–Trinajstić information content (AvgIpc) is 2.86. The summed E-state index contributed by atoms with van der Waals surface area (Å²) >= 11 is 0. The standard InChI is InChI=1S/C26H31N3O9/c1-29(2)19-13-7-10-6-12-17(15(30)8-11(22(12)37-3)14-9-38-5-4-28-14)20(31)16(10)23(33)26(13,36)24(34)18(21(19)32)25(27)35/h8,10,13-14,19,28,30,32-33,36H,4-7,9H2,1-3H3,(H2,27,35)/t10-,13-,14?,19-,26-/m0/s1. The van der Waals surface area contributed by atoms with Gasteiger partial charge >= 0.3 is 0 Å². The Morgan fingerprint density at radius 3 is 2.55 bits per heavy atom. The van der Waals surface area contributed by atoms with Gasteiger partial charge in [-0.05, 0) is 38.9 Å². The van der Waals surface area contributed by atoms with Crippen molar-refractivity contribution in [2.75, 3.05) is 41.0 Å². The summed E-state index contributed by atoms with van der Waals surface area (Å²) in [6.45, 7) is 1.48. The first kappa shape index (κ1) is 26.2. The molecule has 1 amide bonds. The quantitative estimate of drug-likeness (QED) is 0.283. The van der Waals surface area contributed by atoms with Crippen molar-refractivity contribution in [1.29, 1.82) is 0 Å². The van der Waals surface area contributed by atoms with Gasteiger partial charge in [0.2, 0.25) is 5.78 Å². The number of allylic oxidation sites excluding steroid dienone is 1. The molecule has 1 fully saturated rings.